The van der Waals surface area contributed by atoms with Crippen LogP contribution in [0.25, 0.3) is 0 Å². The van der Waals surface area contributed by atoms with Gasteiger partial charge in [-0.1, -0.05) is 26.7 Å². The molecule has 4 heteroatoms. The molecule has 0 spiro atoms. The summed E-state index contributed by atoms with van der Waals surface area (Å²) in [5.41, 5.74) is 7.05. The molecule has 0 radical (unpaired) electrons. The minimum Gasteiger partial charge on any atom is -0.345 e. The lowest BCUT2D eigenvalue weighted by molar-refractivity contribution is 0.616. The van der Waals surface area contributed by atoms with Gasteiger partial charge in [0.2, 0.25) is 0 Å². The molecule has 18 heavy (non-hydrogen) atoms. The van der Waals surface area contributed by atoms with Crippen molar-refractivity contribution in [1.82, 2.24) is 4.98 Å². The summed E-state index contributed by atoms with van der Waals surface area (Å²) in [6.07, 6.45) is 5.38. The quantitative estimate of drug-likeness (QED) is 0.888. The Hall–Kier alpha value is -0.610. The second-order valence-corrected chi connectivity index (χ2v) is 6.45. The first-order chi connectivity index (χ1) is 8.67. The van der Waals surface area contributed by atoms with E-state index in [4.69, 9.17) is 10.7 Å². The SMILES string of the molecule is CCN(c1nc(C(C)C)c(CN)s1)C1CCCC1. The molecule has 0 amide bonds. The van der Waals surface area contributed by atoms with Gasteiger partial charge in [-0.15, -0.1) is 11.3 Å². The number of anilines is 1. The lowest BCUT2D eigenvalue weighted by Gasteiger charge is -2.27. The minimum absolute atomic E-state index is 0.468. The summed E-state index contributed by atoms with van der Waals surface area (Å²) in [6.45, 7) is 8.30. The first kappa shape index (κ1) is 13.8. The number of aromatic nitrogens is 1. The van der Waals surface area contributed by atoms with E-state index in [1.807, 2.05) is 0 Å². The van der Waals surface area contributed by atoms with Crippen molar-refractivity contribution in [1.29, 1.82) is 0 Å². The monoisotopic (exact) mass is 267 g/mol. The average molecular weight is 267 g/mol. The molecule has 1 fully saturated rings. The Balaban J connectivity index is 2.25. The van der Waals surface area contributed by atoms with Crippen molar-refractivity contribution in [2.24, 2.45) is 5.73 Å². The van der Waals surface area contributed by atoms with Crippen LogP contribution in [-0.4, -0.2) is 17.6 Å². The van der Waals surface area contributed by atoms with Gasteiger partial charge in [-0.05, 0) is 25.7 Å². The van der Waals surface area contributed by atoms with Gasteiger partial charge in [-0.3, -0.25) is 0 Å². The van der Waals surface area contributed by atoms with E-state index in [1.54, 1.807) is 11.3 Å². The van der Waals surface area contributed by atoms with Gasteiger partial charge in [-0.2, -0.15) is 0 Å². The van der Waals surface area contributed by atoms with Crippen LogP contribution >= 0.6 is 11.3 Å². The van der Waals surface area contributed by atoms with Crippen molar-refractivity contribution in [3.8, 4) is 0 Å². The summed E-state index contributed by atoms with van der Waals surface area (Å²) in [4.78, 5) is 8.61. The van der Waals surface area contributed by atoms with Crippen molar-refractivity contribution in [2.45, 2.75) is 65.0 Å². The number of nitrogens with two attached hydrogens (primary N) is 1. The van der Waals surface area contributed by atoms with Gasteiger partial charge < -0.3 is 10.6 Å². The first-order valence-electron chi connectivity index (χ1n) is 7.13. The number of hydrogen-bond donors (Lipinski definition) is 1. The maximum atomic E-state index is 5.85. The first-order valence-corrected chi connectivity index (χ1v) is 7.95. The van der Waals surface area contributed by atoms with Crippen LogP contribution in [0, 0.1) is 0 Å². The van der Waals surface area contributed by atoms with Crippen LogP contribution in [0.1, 0.15) is 62.9 Å². The molecule has 0 atom stereocenters. The molecular weight excluding hydrogens is 242 g/mol. The predicted octanol–water partition coefficient (Wildman–Crippen LogP) is 3.49. The summed E-state index contributed by atoms with van der Waals surface area (Å²) in [7, 11) is 0. The summed E-state index contributed by atoms with van der Waals surface area (Å²) in [5.74, 6) is 0.468. The van der Waals surface area contributed by atoms with E-state index >= 15 is 0 Å². The Morgan fingerprint density at radius 2 is 2.06 bits per heavy atom. The zero-order valence-corrected chi connectivity index (χ0v) is 12.6. The van der Waals surface area contributed by atoms with Crippen LogP contribution in [0.3, 0.4) is 0 Å². The van der Waals surface area contributed by atoms with Gasteiger partial charge >= 0.3 is 0 Å². The lowest BCUT2D eigenvalue weighted by Crippen LogP contribution is -2.32. The third-order valence-electron chi connectivity index (χ3n) is 3.80. The summed E-state index contributed by atoms with van der Waals surface area (Å²) < 4.78 is 0. The molecular formula is C14H25N3S. The van der Waals surface area contributed by atoms with Crippen LogP contribution in [-0.2, 0) is 6.54 Å². The summed E-state index contributed by atoms with van der Waals surface area (Å²) in [5, 5.41) is 1.19. The third-order valence-corrected chi connectivity index (χ3v) is 4.93. The molecule has 0 unspecified atom stereocenters. The molecule has 102 valence electrons. The van der Waals surface area contributed by atoms with Crippen molar-refractivity contribution in [3.63, 3.8) is 0 Å². The summed E-state index contributed by atoms with van der Waals surface area (Å²) in [6, 6.07) is 0.701. The molecule has 1 aliphatic rings. The molecule has 2 rings (SSSR count). The molecule has 1 heterocycles. The highest BCUT2D eigenvalue weighted by Crippen LogP contribution is 2.34. The minimum atomic E-state index is 0.468. The zero-order chi connectivity index (χ0) is 13.1. The number of thiazole rings is 1. The largest absolute Gasteiger partial charge is 0.345 e. The fraction of sp³-hybridized carbons (Fsp3) is 0.786. The van der Waals surface area contributed by atoms with Crippen molar-refractivity contribution in [2.75, 3.05) is 11.4 Å². The predicted molar refractivity (Wildman–Crippen MR) is 79.4 cm³/mol. The fourth-order valence-electron chi connectivity index (χ4n) is 2.84. The Morgan fingerprint density at radius 3 is 2.50 bits per heavy atom. The normalized spacial score (nSPS) is 16.7. The standard InChI is InChI=1S/C14H25N3S/c1-4-17(11-7-5-6-8-11)14-16-13(10(2)3)12(9-15)18-14/h10-11H,4-9,15H2,1-3H3. The Bertz CT molecular complexity index is 380. The molecule has 1 aromatic rings. The second-order valence-electron chi connectivity index (χ2n) is 5.39. The van der Waals surface area contributed by atoms with Gasteiger partial charge in [0.25, 0.3) is 0 Å². The van der Waals surface area contributed by atoms with Crippen molar-refractivity contribution < 1.29 is 0 Å². The molecule has 0 aromatic carbocycles. The van der Waals surface area contributed by atoms with E-state index in [9.17, 15) is 0 Å². The van der Waals surface area contributed by atoms with Gasteiger partial charge in [0.05, 0.1) is 5.69 Å². The van der Waals surface area contributed by atoms with Gasteiger partial charge in [0.1, 0.15) is 0 Å². The Labute approximate surface area is 114 Å². The Morgan fingerprint density at radius 1 is 1.39 bits per heavy atom. The van der Waals surface area contributed by atoms with Crippen LogP contribution in [0.15, 0.2) is 0 Å². The highest BCUT2D eigenvalue weighted by atomic mass is 32.1. The molecule has 1 aromatic heterocycles. The lowest BCUT2D eigenvalue weighted by atomic mass is 10.1. The molecule has 2 N–H and O–H groups in total. The van der Waals surface area contributed by atoms with Crippen LogP contribution in [0.2, 0.25) is 0 Å². The molecule has 0 bridgehead atoms. The van der Waals surface area contributed by atoms with E-state index in [2.05, 4.69) is 25.7 Å². The fourth-order valence-corrected chi connectivity index (χ4v) is 4.07. The topological polar surface area (TPSA) is 42.2 Å². The molecule has 0 saturated heterocycles. The smallest absolute Gasteiger partial charge is 0.186 e. The number of hydrogen-bond acceptors (Lipinski definition) is 4. The third kappa shape index (κ3) is 2.69. The van der Waals surface area contributed by atoms with E-state index < -0.39 is 0 Å². The van der Waals surface area contributed by atoms with Gasteiger partial charge in [0, 0.05) is 24.0 Å². The number of nitrogens with zero attached hydrogens (tertiary/aromatic N) is 2. The second kappa shape index (κ2) is 6.02. The van der Waals surface area contributed by atoms with E-state index in [0.29, 0.717) is 18.5 Å². The maximum absolute atomic E-state index is 5.85. The van der Waals surface area contributed by atoms with Crippen LogP contribution < -0.4 is 10.6 Å². The summed E-state index contributed by atoms with van der Waals surface area (Å²) >= 11 is 1.80. The van der Waals surface area contributed by atoms with Crippen LogP contribution in [0.4, 0.5) is 5.13 Å². The highest BCUT2D eigenvalue weighted by Gasteiger charge is 2.25. The van der Waals surface area contributed by atoms with E-state index in [-0.39, 0.29) is 0 Å². The molecule has 1 aliphatic carbocycles. The van der Waals surface area contributed by atoms with Crippen molar-refractivity contribution in [3.05, 3.63) is 10.6 Å². The average Bonchev–Trinajstić information content (AvgIpc) is 2.98. The van der Waals surface area contributed by atoms with Crippen molar-refractivity contribution >= 4 is 16.5 Å². The maximum Gasteiger partial charge on any atom is 0.186 e. The van der Waals surface area contributed by atoms with E-state index in [0.717, 1.165) is 6.54 Å². The van der Waals surface area contributed by atoms with Gasteiger partial charge in [0.15, 0.2) is 5.13 Å². The zero-order valence-electron chi connectivity index (χ0n) is 11.8. The Kier molecular flexibility index (Phi) is 4.62. The van der Waals surface area contributed by atoms with Crippen LogP contribution in [0.5, 0.6) is 0 Å². The molecule has 0 aliphatic heterocycles. The molecule has 3 nitrogen and oxygen atoms in total. The number of rotatable bonds is 5. The molecule has 1 saturated carbocycles. The van der Waals surface area contributed by atoms with Gasteiger partial charge in [-0.25, -0.2) is 4.98 Å². The highest BCUT2D eigenvalue weighted by molar-refractivity contribution is 7.15. The van der Waals surface area contributed by atoms with E-state index in [1.165, 1.54) is 41.4 Å².